The third kappa shape index (κ3) is 1.72. The van der Waals surface area contributed by atoms with E-state index in [0.717, 1.165) is 10.8 Å². The monoisotopic (exact) mass is 197 g/mol. The lowest BCUT2D eigenvalue weighted by Crippen LogP contribution is -1.98. The minimum atomic E-state index is 0.234. The highest BCUT2D eigenvalue weighted by molar-refractivity contribution is 5.92. The van der Waals surface area contributed by atoms with Gasteiger partial charge in [0.1, 0.15) is 6.61 Å². The maximum atomic E-state index is 5.83. The van der Waals surface area contributed by atoms with Crippen LogP contribution in [0.25, 0.3) is 10.8 Å². The molecule has 0 bridgehead atoms. The Morgan fingerprint density at radius 1 is 1.20 bits per heavy atom. The Kier molecular flexibility index (Phi) is 2.47. The second-order valence-electron chi connectivity index (χ2n) is 3.20. The van der Waals surface area contributed by atoms with Crippen molar-refractivity contribution in [2.24, 2.45) is 0 Å². The molecule has 0 saturated carbocycles. The first-order valence-electron chi connectivity index (χ1n) is 4.66. The average molecular weight is 197 g/mol. The molecule has 0 spiro atoms. The summed E-state index contributed by atoms with van der Waals surface area (Å²) in [5, 5.41) is 2.09. The zero-order valence-corrected chi connectivity index (χ0v) is 8.23. The number of hydrogen-bond donors (Lipinski definition) is 1. The van der Waals surface area contributed by atoms with Crippen molar-refractivity contribution in [3.63, 3.8) is 0 Å². The van der Waals surface area contributed by atoms with E-state index in [0.29, 0.717) is 11.4 Å². The zero-order chi connectivity index (χ0) is 10.7. The Hall–Kier alpha value is -2.14. The van der Waals surface area contributed by atoms with Crippen LogP contribution in [0, 0.1) is 12.3 Å². The maximum Gasteiger partial charge on any atom is 0.151 e. The number of rotatable bonds is 2. The lowest BCUT2D eigenvalue weighted by molar-refractivity contribution is 0.377. The van der Waals surface area contributed by atoms with Gasteiger partial charge in [0.05, 0.1) is 5.69 Å². The van der Waals surface area contributed by atoms with Crippen LogP contribution in [0.2, 0.25) is 0 Å². The smallest absolute Gasteiger partial charge is 0.151 e. The van der Waals surface area contributed by atoms with Crippen LogP contribution in [0.5, 0.6) is 5.75 Å². The molecule has 0 atom stereocenters. The van der Waals surface area contributed by atoms with Crippen molar-refractivity contribution in [1.82, 2.24) is 0 Å². The molecule has 0 saturated heterocycles. The molecule has 0 unspecified atom stereocenters. The van der Waals surface area contributed by atoms with Crippen molar-refractivity contribution in [3.8, 4) is 18.1 Å². The fourth-order valence-corrected chi connectivity index (χ4v) is 1.53. The van der Waals surface area contributed by atoms with Crippen molar-refractivity contribution in [3.05, 3.63) is 36.4 Å². The van der Waals surface area contributed by atoms with Crippen LogP contribution in [-0.4, -0.2) is 6.61 Å². The third-order valence-electron chi connectivity index (χ3n) is 2.21. The molecule has 2 nitrogen and oxygen atoms in total. The van der Waals surface area contributed by atoms with Crippen LogP contribution in [0.15, 0.2) is 36.4 Å². The second-order valence-corrected chi connectivity index (χ2v) is 3.20. The van der Waals surface area contributed by atoms with Gasteiger partial charge in [-0.1, -0.05) is 36.3 Å². The van der Waals surface area contributed by atoms with Gasteiger partial charge in [-0.05, 0) is 11.5 Å². The quantitative estimate of drug-likeness (QED) is 0.592. The largest absolute Gasteiger partial charge is 0.478 e. The fraction of sp³-hybridized carbons (Fsp3) is 0.0769. The Bertz CT molecular complexity index is 526. The molecule has 0 amide bonds. The van der Waals surface area contributed by atoms with Gasteiger partial charge in [-0.3, -0.25) is 0 Å². The highest BCUT2D eigenvalue weighted by Crippen LogP contribution is 2.31. The molecule has 0 fully saturated rings. The molecule has 0 aliphatic rings. The SMILES string of the molecule is C#CCOc1c(N)ccc2ccccc12. The van der Waals surface area contributed by atoms with Gasteiger partial charge in [-0.15, -0.1) is 6.42 Å². The number of ether oxygens (including phenoxy) is 1. The third-order valence-corrected chi connectivity index (χ3v) is 2.21. The van der Waals surface area contributed by atoms with E-state index in [4.69, 9.17) is 16.9 Å². The first-order chi connectivity index (χ1) is 7.33. The summed E-state index contributed by atoms with van der Waals surface area (Å²) in [7, 11) is 0. The van der Waals surface area contributed by atoms with E-state index in [2.05, 4.69) is 5.92 Å². The molecular weight excluding hydrogens is 186 g/mol. The Labute approximate surface area is 88.7 Å². The molecule has 0 radical (unpaired) electrons. The minimum Gasteiger partial charge on any atom is -0.478 e. The molecule has 2 heteroatoms. The lowest BCUT2D eigenvalue weighted by atomic mass is 10.1. The van der Waals surface area contributed by atoms with Crippen molar-refractivity contribution in [2.75, 3.05) is 12.3 Å². The van der Waals surface area contributed by atoms with Crippen LogP contribution >= 0.6 is 0 Å². The zero-order valence-electron chi connectivity index (χ0n) is 8.23. The standard InChI is InChI=1S/C13H11NO/c1-2-9-15-13-11-6-4-3-5-10(11)7-8-12(13)14/h1,3-8H,9,14H2. The summed E-state index contributed by atoms with van der Waals surface area (Å²) in [4.78, 5) is 0. The van der Waals surface area contributed by atoms with E-state index in [1.807, 2.05) is 36.4 Å². The molecule has 2 aromatic rings. The number of nitrogens with two attached hydrogens (primary N) is 1. The average Bonchev–Trinajstić information content (AvgIpc) is 2.28. The van der Waals surface area contributed by atoms with E-state index in [1.54, 1.807) is 0 Å². The molecule has 2 rings (SSSR count). The van der Waals surface area contributed by atoms with Crippen molar-refractivity contribution >= 4 is 16.5 Å². The Morgan fingerprint density at radius 2 is 2.00 bits per heavy atom. The molecular formula is C13H11NO. The Balaban J connectivity index is 2.59. The van der Waals surface area contributed by atoms with E-state index in [1.165, 1.54) is 0 Å². The highest BCUT2D eigenvalue weighted by atomic mass is 16.5. The van der Waals surface area contributed by atoms with Crippen molar-refractivity contribution in [1.29, 1.82) is 0 Å². The van der Waals surface area contributed by atoms with Crippen LogP contribution < -0.4 is 10.5 Å². The summed E-state index contributed by atoms with van der Waals surface area (Å²) in [6.45, 7) is 0.234. The summed E-state index contributed by atoms with van der Waals surface area (Å²) in [6, 6.07) is 11.7. The van der Waals surface area contributed by atoms with Gasteiger partial charge in [0.2, 0.25) is 0 Å². The molecule has 0 aromatic heterocycles. The van der Waals surface area contributed by atoms with E-state index >= 15 is 0 Å². The van der Waals surface area contributed by atoms with Crippen LogP contribution in [0.1, 0.15) is 0 Å². The van der Waals surface area contributed by atoms with Gasteiger partial charge < -0.3 is 10.5 Å². The van der Waals surface area contributed by atoms with Gasteiger partial charge >= 0.3 is 0 Å². The predicted octanol–water partition coefficient (Wildman–Crippen LogP) is 2.43. The normalized spacial score (nSPS) is 9.80. The van der Waals surface area contributed by atoms with Crippen LogP contribution in [-0.2, 0) is 0 Å². The molecule has 2 N–H and O–H groups in total. The fourth-order valence-electron chi connectivity index (χ4n) is 1.53. The number of terminal acetylenes is 1. The summed E-state index contributed by atoms with van der Waals surface area (Å²) in [6.07, 6.45) is 5.15. The van der Waals surface area contributed by atoms with E-state index in [9.17, 15) is 0 Å². The molecule has 0 aliphatic carbocycles. The summed E-state index contributed by atoms with van der Waals surface area (Å²) >= 11 is 0. The second kappa shape index (κ2) is 3.93. The van der Waals surface area contributed by atoms with Gasteiger partial charge in [-0.2, -0.15) is 0 Å². The van der Waals surface area contributed by atoms with Gasteiger partial charge in [0.25, 0.3) is 0 Å². The van der Waals surface area contributed by atoms with Gasteiger partial charge in [0, 0.05) is 5.39 Å². The number of fused-ring (bicyclic) bond motifs is 1. The number of hydrogen-bond acceptors (Lipinski definition) is 2. The number of nitrogen functional groups attached to an aromatic ring is 1. The molecule has 2 aromatic carbocycles. The van der Waals surface area contributed by atoms with Crippen LogP contribution in [0.4, 0.5) is 5.69 Å². The summed E-state index contributed by atoms with van der Waals surface area (Å²) in [5.74, 6) is 3.10. The number of anilines is 1. The van der Waals surface area contributed by atoms with Gasteiger partial charge in [-0.25, -0.2) is 0 Å². The van der Waals surface area contributed by atoms with Gasteiger partial charge in [0.15, 0.2) is 5.75 Å². The number of benzene rings is 2. The lowest BCUT2D eigenvalue weighted by Gasteiger charge is -2.09. The van der Waals surface area contributed by atoms with Crippen molar-refractivity contribution < 1.29 is 4.74 Å². The predicted molar refractivity (Wildman–Crippen MR) is 62.7 cm³/mol. The molecule has 74 valence electrons. The summed E-state index contributed by atoms with van der Waals surface area (Å²) in [5.41, 5.74) is 6.45. The van der Waals surface area contributed by atoms with Crippen molar-refractivity contribution in [2.45, 2.75) is 0 Å². The molecule has 0 heterocycles. The maximum absolute atomic E-state index is 5.83. The van der Waals surface area contributed by atoms with Crippen LogP contribution in [0.3, 0.4) is 0 Å². The van der Waals surface area contributed by atoms with E-state index < -0.39 is 0 Å². The first kappa shape index (κ1) is 9.42. The summed E-state index contributed by atoms with van der Waals surface area (Å²) < 4.78 is 5.44. The Morgan fingerprint density at radius 3 is 2.80 bits per heavy atom. The highest BCUT2D eigenvalue weighted by Gasteiger charge is 2.05. The van der Waals surface area contributed by atoms with E-state index in [-0.39, 0.29) is 6.61 Å². The minimum absolute atomic E-state index is 0.234. The first-order valence-corrected chi connectivity index (χ1v) is 4.66. The molecule has 0 aliphatic heterocycles. The topological polar surface area (TPSA) is 35.2 Å². The molecule has 15 heavy (non-hydrogen) atoms.